The quantitative estimate of drug-likeness (QED) is 0.728. The van der Waals surface area contributed by atoms with Crippen LogP contribution in [0.2, 0.25) is 0 Å². The minimum Gasteiger partial charge on any atom is -0.462 e. The molecule has 0 radical (unpaired) electrons. The Hall–Kier alpha value is -1.14. The number of carbonyl (C=O) groups is 2. The molecule has 1 heterocycles. The fourth-order valence-corrected chi connectivity index (χ4v) is 4.36. The highest BCUT2D eigenvalue weighted by atomic mass is 16.6. The first kappa shape index (κ1) is 19.6. The van der Waals surface area contributed by atoms with E-state index in [1.807, 2.05) is 0 Å². The molecular weight excluding hydrogens is 332 g/mol. The van der Waals surface area contributed by atoms with Gasteiger partial charge in [-0.1, -0.05) is 12.8 Å². The summed E-state index contributed by atoms with van der Waals surface area (Å²) in [6.07, 6.45) is 10.9. The summed E-state index contributed by atoms with van der Waals surface area (Å²) in [5.41, 5.74) is 0. The van der Waals surface area contributed by atoms with Gasteiger partial charge in [0, 0.05) is 26.2 Å². The molecule has 1 saturated heterocycles. The molecule has 3 rings (SSSR count). The van der Waals surface area contributed by atoms with Gasteiger partial charge in [-0.2, -0.15) is 0 Å². The standard InChI is InChI=1S/C20H34N2O4/c23-19(25-16-7-3-1-4-8-16)15-18(22-13-11-21-12-14-22)20(24)26-17-9-5-2-6-10-17/h16-18,21H,1-15H2. The van der Waals surface area contributed by atoms with Gasteiger partial charge in [0.15, 0.2) is 0 Å². The van der Waals surface area contributed by atoms with E-state index in [1.165, 1.54) is 12.8 Å². The van der Waals surface area contributed by atoms with Crippen LogP contribution < -0.4 is 5.32 Å². The molecule has 0 spiro atoms. The lowest BCUT2D eigenvalue weighted by molar-refractivity contribution is -0.164. The molecule has 1 unspecified atom stereocenters. The average molecular weight is 367 g/mol. The Morgan fingerprint density at radius 2 is 1.38 bits per heavy atom. The van der Waals surface area contributed by atoms with Crippen molar-refractivity contribution in [3.05, 3.63) is 0 Å². The number of esters is 2. The second-order valence-electron chi connectivity index (χ2n) is 7.95. The van der Waals surface area contributed by atoms with Crippen molar-refractivity contribution in [2.45, 2.75) is 88.9 Å². The van der Waals surface area contributed by atoms with Crippen molar-refractivity contribution in [2.24, 2.45) is 0 Å². The monoisotopic (exact) mass is 366 g/mol. The summed E-state index contributed by atoms with van der Waals surface area (Å²) in [5.74, 6) is -0.486. The van der Waals surface area contributed by atoms with Gasteiger partial charge >= 0.3 is 11.9 Å². The average Bonchev–Trinajstić information content (AvgIpc) is 2.68. The van der Waals surface area contributed by atoms with Crippen LogP contribution in [0.1, 0.15) is 70.6 Å². The van der Waals surface area contributed by atoms with Crippen LogP contribution in [0.25, 0.3) is 0 Å². The Morgan fingerprint density at radius 3 is 1.96 bits per heavy atom. The van der Waals surface area contributed by atoms with Gasteiger partial charge < -0.3 is 14.8 Å². The molecule has 1 atom stereocenters. The van der Waals surface area contributed by atoms with E-state index in [1.54, 1.807) is 0 Å². The zero-order valence-electron chi connectivity index (χ0n) is 15.9. The molecule has 3 aliphatic rings. The van der Waals surface area contributed by atoms with Crippen LogP contribution in [-0.2, 0) is 19.1 Å². The van der Waals surface area contributed by atoms with Crippen LogP contribution in [0.4, 0.5) is 0 Å². The molecule has 0 amide bonds. The first-order chi connectivity index (χ1) is 12.7. The summed E-state index contributed by atoms with van der Waals surface area (Å²) in [6, 6.07) is -0.505. The molecule has 2 saturated carbocycles. The van der Waals surface area contributed by atoms with Crippen molar-refractivity contribution in [3.8, 4) is 0 Å². The number of carbonyl (C=O) groups excluding carboxylic acids is 2. The van der Waals surface area contributed by atoms with Crippen LogP contribution in [0.15, 0.2) is 0 Å². The van der Waals surface area contributed by atoms with Gasteiger partial charge in [-0.05, 0) is 51.4 Å². The molecule has 1 aliphatic heterocycles. The summed E-state index contributed by atoms with van der Waals surface area (Å²) in [6.45, 7) is 3.21. The van der Waals surface area contributed by atoms with Gasteiger partial charge in [0.05, 0.1) is 6.42 Å². The van der Waals surface area contributed by atoms with E-state index in [4.69, 9.17) is 9.47 Å². The summed E-state index contributed by atoms with van der Waals surface area (Å²) < 4.78 is 11.5. The van der Waals surface area contributed by atoms with E-state index >= 15 is 0 Å². The molecule has 0 aromatic carbocycles. The fraction of sp³-hybridized carbons (Fsp3) is 0.900. The van der Waals surface area contributed by atoms with E-state index in [0.29, 0.717) is 0 Å². The third-order valence-electron chi connectivity index (χ3n) is 5.91. The van der Waals surface area contributed by atoms with Crippen LogP contribution in [0.3, 0.4) is 0 Å². The summed E-state index contributed by atoms with van der Waals surface area (Å²) in [7, 11) is 0. The van der Waals surface area contributed by atoms with Crippen molar-refractivity contribution in [2.75, 3.05) is 26.2 Å². The number of hydrogen-bond donors (Lipinski definition) is 1. The maximum atomic E-state index is 12.8. The van der Waals surface area contributed by atoms with Crippen LogP contribution >= 0.6 is 0 Å². The molecule has 0 aromatic rings. The van der Waals surface area contributed by atoms with Gasteiger partial charge in [-0.3, -0.25) is 14.5 Å². The molecular formula is C20H34N2O4. The van der Waals surface area contributed by atoms with Gasteiger partial charge in [0.25, 0.3) is 0 Å². The second kappa shape index (κ2) is 10.3. The number of ether oxygens (including phenoxy) is 2. The van der Waals surface area contributed by atoms with Gasteiger partial charge in [-0.25, -0.2) is 0 Å². The molecule has 3 fully saturated rings. The first-order valence-corrected chi connectivity index (χ1v) is 10.6. The summed E-state index contributed by atoms with van der Waals surface area (Å²) in [4.78, 5) is 27.4. The minimum absolute atomic E-state index is 0.0241. The van der Waals surface area contributed by atoms with Crippen molar-refractivity contribution in [1.29, 1.82) is 0 Å². The Balaban J connectivity index is 1.56. The fourth-order valence-electron chi connectivity index (χ4n) is 4.36. The number of hydrogen-bond acceptors (Lipinski definition) is 6. The van der Waals surface area contributed by atoms with Crippen molar-refractivity contribution in [3.63, 3.8) is 0 Å². The summed E-state index contributed by atoms with van der Waals surface area (Å²) in [5, 5.41) is 3.30. The molecule has 26 heavy (non-hydrogen) atoms. The Labute approximate surface area is 157 Å². The van der Waals surface area contributed by atoms with Crippen molar-refractivity contribution < 1.29 is 19.1 Å². The zero-order chi connectivity index (χ0) is 18.2. The van der Waals surface area contributed by atoms with Crippen molar-refractivity contribution in [1.82, 2.24) is 10.2 Å². The Kier molecular flexibility index (Phi) is 7.74. The third kappa shape index (κ3) is 5.95. The second-order valence-corrected chi connectivity index (χ2v) is 7.95. The summed E-state index contributed by atoms with van der Waals surface area (Å²) >= 11 is 0. The molecule has 0 bridgehead atoms. The largest absolute Gasteiger partial charge is 0.462 e. The lowest BCUT2D eigenvalue weighted by Crippen LogP contribution is -2.53. The van der Waals surface area contributed by atoms with E-state index in [0.717, 1.165) is 77.5 Å². The Bertz CT molecular complexity index is 453. The minimum atomic E-state index is -0.505. The number of nitrogens with one attached hydrogen (secondary N) is 1. The SMILES string of the molecule is O=C(CC(C(=O)OC1CCCCC1)N1CCNCC1)OC1CCCCC1. The van der Waals surface area contributed by atoms with Crippen LogP contribution in [0, 0.1) is 0 Å². The third-order valence-corrected chi connectivity index (χ3v) is 5.91. The van der Waals surface area contributed by atoms with Gasteiger partial charge in [0.2, 0.25) is 0 Å². The lowest BCUT2D eigenvalue weighted by atomic mass is 9.97. The van der Waals surface area contributed by atoms with Gasteiger partial charge in [0.1, 0.15) is 18.2 Å². The van der Waals surface area contributed by atoms with Crippen LogP contribution in [-0.4, -0.2) is 61.3 Å². The van der Waals surface area contributed by atoms with Crippen molar-refractivity contribution >= 4 is 11.9 Å². The molecule has 148 valence electrons. The highest BCUT2D eigenvalue weighted by Gasteiger charge is 2.33. The van der Waals surface area contributed by atoms with E-state index in [2.05, 4.69) is 10.2 Å². The maximum absolute atomic E-state index is 12.8. The predicted molar refractivity (Wildman–Crippen MR) is 98.8 cm³/mol. The number of nitrogens with zero attached hydrogens (tertiary/aromatic N) is 1. The number of piperazine rings is 1. The molecule has 6 nitrogen and oxygen atoms in total. The maximum Gasteiger partial charge on any atom is 0.324 e. The lowest BCUT2D eigenvalue weighted by Gasteiger charge is -2.34. The molecule has 1 N–H and O–H groups in total. The number of rotatable bonds is 6. The topological polar surface area (TPSA) is 67.9 Å². The van der Waals surface area contributed by atoms with Crippen LogP contribution in [0.5, 0.6) is 0 Å². The van der Waals surface area contributed by atoms with Gasteiger partial charge in [-0.15, -0.1) is 0 Å². The molecule has 2 aliphatic carbocycles. The highest BCUT2D eigenvalue weighted by Crippen LogP contribution is 2.23. The van der Waals surface area contributed by atoms with E-state index < -0.39 is 6.04 Å². The van der Waals surface area contributed by atoms with E-state index in [9.17, 15) is 9.59 Å². The predicted octanol–water partition coefficient (Wildman–Crippen LogP) is 2.40. The highest BCUT2D eigenvalue weighted by molar-refractivity contribution is 5.83. The molecule has 0 aromatic heterocycles. The van der Waals surface area contributed by atoms with E-state index in [-0.39, 0.29) is 30.6 Å². The first-order valence-electron chi connectivity index (χ1n) is 10.6. The zero-order valence-corrected chi connectivity index (χ0v) is 15.9. The molecule has 6 heteroatoms. The smallest absolute Gasteiger partial charge is 0.324 e. The normalized spacial score (nSPS) is 24.8. The Morgan fingerprint density at radius 1 is 0.846 bits per heavy atom.